The second-order valence-electron chi connectivity index (χ2n) is 4.45. The Bertz CT molecular complexity index is 678. The molecule has 3 aromatic rings. The third kappa shape index (κ3) is 2.91. The van der Waals surface area contributed by atoms with Crippen molar-refractivity contribution >= 4 is 11.8 Å². The second-order valence-corrected chi connectivity index (χ2v) is 5.44. The summed E-state index contributed by atoms with van der Waals surface area (Å²) in [4.78, 5) is 0. The van der Waals surface area contributed by atoms with E-state index in [9.17, 15) is 0 Å². The normalized spacial score (nSPS) is 10.7. The minimum absolute atomic E-state index is 0.743. The minimum atomic E-state index is 0.743. The van der Waals surface area contributed by atoms with Crippen LogP contribution < -0.4 is 0 Å². The van der Waals surface area contributed by atoms with E-state index >= 15 is 0 Å². The van der Waals surface area contributed by atoms with Crippen molar-refractivity contribution in [1.29, 1.82) is 0 Å². The number of aromatic nitrogens is 2. The van der Waals surface area contributed by atoms with E-state index in [-0.39, 0.29) is 0 Å². The summed E-state index contributed by atoms with van der Waals surface area (Å²) in [5.41, 5.74) is 3.39. The predicted octanol–water partition coefficient (Wildman–Crippen LogP) is 4.34. The molecule has 0 N–H and O–H groups in total. The summed E-state index contributed by atoms with van der Waals surface area (Å²) in [5.74, 6) is 1.65. The smallest absolute Gasteiger partial charge is 0.154 e. The minimum Gasteiger partial charge on any atom is -0.463 e. The van der Waals surface area contributed by atoms with Crippen LogP contribution in [0.15, 0.2) is 64.2 Å². The number of hydrogen-bond acceptors (Lipinski definition) is 4. The Labute approximate surface area is 122 Å². The zero-order chi connectivity index (χ0) is 13.8. The largest absolute Gasteiger partial charge is 0.463 e. The van der Waals surface area contributed by atoms with E-state index in [0.29, 0.717) is 0 Å². The van der Waals surface area contributed by atoms with Gasteiger partial charge in [-0.3, -0.25) is 0 Å². The Hall–Kier alpha value is -2.07. The van der Waals surface area contributed by atoms with Gasteiger partial charge in [-0.1, -0.05) is 36.0 Å². The molecular formula is C16H14N2OS. The van der Waals surface area contributed by atoms with Crippen LogP contribution in [0.3, 0.4) is 0 Å². The SMILES string of the molecule is Cc1ccccc1CSc1ccc(-c2ccco2)nn1. The highest BCUT2D eigenvalue weighted by Gasteiger charge is 2.04. The van der Waals surface area contributed by atoms with E-state index in [4.69, 9.17) is 4.42 Å². The van der Waals surface area contributed by atoms with Crippen molar-refractivity contribution in [2.24, 2.45) is 0 Å². The summed E-state index contributed by atoms with van der Waals surface area (Å²) < 4.78 is 5.30. The summed E-state index contributed by atoms with van der Waals surface area (Å²) in [6.45, 7) is 2.13. The quantitative estimate of drug-likeness (QED) is 0.667. The van der Waals surface area contributed by atoms with Crippen molar-refractivity contribution in [3.8, 4) is 11.5 Å². The fourth-order valence-corrected chi connectivity index (χ4v) is 2.77. The maximum absolute atomic E-state index is 5.30. The van der Waals surface area contributed by atoms with Gasteiger partial charge < -0.3 is 4.42 Å². The van der Waals surface area contributed by atoms with Crippen LogP contribution in [0.1, 0.15) is 11.1 Å². The van der Waals surface area contributed by atoms with Crippen molar-refractivity contribution in [1.82, 2.24) is 10.2 Å². The average molecular weight is 282 g/mol. The summed E-state index contributed by atoms with van der Waals surface area (Å²) >= 11 is 1.69. The molecule has 0 saturated heterocycles. The number of thioether (sulfide) groups is 1. The Kier molecular flexibility index (Phi) is 3.83. The average Bonchev–Trinajstić information content (AvgIpc) is 3.01. The van der Waals surface area contributed by atoms with Crippen LogP contribution in [0.4, 0.5) is 0 Å². The summed E-state index contributed by atoms with van der Waals surface area (Å²) in [6.07, 6.45) is 1.64. The molecule has 0 radical (unpaired) electrons. The zero-order valence-electron chi connectivity index (χ0n) is 11.1. The molecule has 0 aliphatic carbocycles. The van der Waals surface area contributed by atoms with Crippen molar-refractivity contribution < 1.29 is 4.42 Å². The number of benzene rings is 1. The van der Waals surface area contributed by atoms with Gasteiger partial charge in [-0.05, 0) is 42.3 Å². The summed E-state index contributed by atoms with van der Waals surface area (Å²) in [7, 11) is 0. The van der Waals surface area contributed by atoms with Gasteiger partial charge in [0.25, 0.3) is 0 Å². The first-order chi connectivity index (χ1) is 9.83. The lowest BCUT2D eigenvalue weighted by molar-refractivity contribution is 0.578. The standard InChI is InChI=1S/C16H14N2OS/c1-12-5-2-3-6-13(12)11-20-16-9-8-14(17-18-16)15-7-4-10-19-15/h2-10H,11H2,1H3. The zero-order valence-corrected chi connectivity index (χ0v) is 11.9. The number of hydrogen-bond donors (Lipinski definition) is 0. The molecule has 0 saturated carbocycles. The van der Waals surface area contributed by atoms with E-state index in [1.54, 1.807) is 18.0 Å². The predicted molar refractivity (Wildman–Crippen MR) is 80.5 cm³/mol. The van der Waals surface area contributed by atoms with Gasteiger partial charge in [0, 0.05) is 5.75 Å². The van der Waals surface area contributed by atoms with Crippen LogP contribution in [0.25, 0.3) is 11.5 Å². The maximum atomic E-state index is 5.30. The van der Waals surface area contributed by atoms with Crippen LogP contribution >= 0.6 is 11.8 Å². The highest BCUT2D eigenvalue weighted by Crippen LogP contribution is 2.24. The number of furan rings is 1. The van der Waals surface area contributed by atoms with Gasteiger partial charge in [-0.2, -0.15) is 0 Å². The number of aryl methyl sites for hydroxylation is 1. The summed E-state index contributed by atoms with van der Waals surface area (Å²) in [6, 6.07) is 16.0. The van der Waals surface area contributed by atoms with Crippen LogP contribution in [0.2, 0.25) is 0 Å². The Balaban J connectivity index is 1.68. The van der Waals surface area contributed by atoms with E-state index in [1.807, 2.05) is 24.3 Å². The first-order valence-corrected chi connectivity index (χ1v) is 7.36. The molecule has 0 amide bonds. The van der Waals surface area contributed by atoms with Crippen molar-refractivity contribution in [3.05, 3.63) is 65.9 Å². The molecule has 20 heavy (non-hydrogen) atoms. The molecule has 2 heterocycles. The van der Waals surface area contributed by atoms with Gasteiger partial charge in [-0.15, -0.1) is 10.2 Å². The van der Waals surface area contributed by atoms with Gasteiger partial charge in [0.05, 0.1) is 6.26 Å². The Morgan fingerprint density at radius 2 is 1.90 bits per heavy atom. The third-order valence-electron chi connectivity index (χ3n) is 3.05. The topological polar surface area (TPSA) is 38.9 Å². The molecule has 4 heteroatoms. The highest BCUT2D eigenvalue weighted by molar-refractivity contribution is 7.98. The van der Waals surface area contributed by atoms with Crippen molar-refractivity contribution in [2.75, 3.05) is 0 Å². The van der Waals surface area contributed by atoms with Crippen molar-refractivity contribution in [3.63, 3.8) is 0 Å². The molecule has 0 aliphatic heterocycles. The van der Waals surface area contributed by atoms with Gasteiger partial charge in [0.2, 0.25) is 0 Å². The highest BCUT2D eigenvalue weighted by atomic mass is 32.2. The van der Waals surface area contributed by atoms with E-state index < -0.39 is 0 Å². The molecule has 0 spiro atoms. The molecular weight excluding hydrogens is 268 g/mol. The molecule has 0 unspecified atom stereocenters. The van der Waals surface area contributed by atoms with Crippen molar-refractivity contribution in [2.45, 2.75) is 17.7 Å². The lowest BCUT2D eigenvalue weighted by Gasteiger charge is -2.04. The first kappa shape index (κ1) is 12.9. The molecule has 3 nitrogen and oxygen atoms in total. The van der Waals surface area contributed by atoms with Crippen LogP contribution in [-0.2, 0) is 5.75 Å². The molecule has 100 valence electrons. The first-order valence-electron chi connectivity index (χ1n) is 6.38. The lowest BCUT2D eigenvalue weighted by atomic mass is 10.1. The molecule has 2 aromatic heterocycles. The molecule has 3 rings (SSSR count). The van der Waals surface area contributed by atoms with Gasteiger partial charge in [0.15, 0.2) is 5.76 Å². The van der Waals surface area contributed by atoms with E-state index in [2.05, 4.69) is 41.4 Å². The van der Waals surface area contributed by atoms with Crippen LogP contribution in [-0.4, -0.2) is 10.2 Å². The molecule has 0 aliphatic rings. The second kappa shape index (κ2) is 5.92. The van der Waals surface area contributed by atoms with E-state index in [0.717, 1.165) is 22.2 Å². The van der Waals surface area contributed by atoms with E-state index in [1.165, 1.54) is 11.1 Å². The fourth-order valence-electron chi connectivity index (χ4n) is 1.88. The van der Waals surface area contributed by atoms with Gasteiger partial charge in [0.1, 0.15) is 10.7 Å². The van der Waals surface area contributed by atoms with Gasteiger partial charge >= 0.3 is 0 Å². The fraction of sp³-hybridized carbons (Fsp3) is 0.125. The maximum Gasteiger partial charge on any atom is 0.154 e. The number of rotatable bonds is 4. The summed E-state index contributed by atoms with van der Waals surface area (Å²) in [5, 5.41) is 9.34. The number of nitrogens with zero attached hydrogens (tertiary/aromatic N) is 2. The lowest BCUT2D eigenvalue weighted by Crippen LogP contribution is -1.90. The Morgan fingerprint density at radius 1 is 1.00 bits per heavy atom. The van der Waals surface area contributed by atoms with Gasteiger partial charge in [-0.25, -0.2) is 0 Å². The molecule has 0 bridgehead atoms. The molecule has 0 atom stereocenters. The Morgan fingerprint density at radius 3 is 2.60 bits per heavy atom. The van der Waals surface area contributed by atoms with Crippen LogP contribution in [0, 0.1) is 6.92 Å². The third-order valence-corrected chi connectivity index (χ3v) is 4.02. The molecule has 0 fully saturated rings. The monoisotopic (exact) mass is 282 g/mol. The van der Waals surface area contributed by atoms with Crippen LogP contribution in [0.5, 0.6) is 0 Å². The molecule has 1 aromatic carbocycles.